The van der Waals surface area contributed by atoms with Crippen molar-refractivity contribution in [1.82, 2.24) is 14.5 Å². The molecule has 0 unspecified atom stereocenters. The second-order valence-electron chi connectivity index (χ2n) is 9.43. The summed E-state index contributed by atoms with van der Waals surface area (Å²) < 4.78 is 3.94. The number of rotatable bonds is 6. The van der Waals surface area contributed by atoms with Gasteiger partial charge in [-0.25, -0.2) is 0 Å². The van der Waals surface area contributed by atoms with Crippen molar-refractivity contribution in [2.24, 2.45) is 23.7 Å². The molecule has 6 rings (SSSR count). The minimum absolute atomic E-state index is 0.0781. The van der Waals surface area contributed by atoms with Crippen LogP contribution in [0.25, 0.3) is 11.0 Å². The molecule has 0 atom stereocenters. The lowest BCUT2D eigenvalue weighted by Crippen LogP contribution is -2.56. The van der Waals surface area contributed by atoms with Gasteiger partial charge in [-0.1, -0.05) is 25.5 Å². The van der Waals surface area contributed by atoms with Gasteiger partial charge in [0.1, 0.15) is 6.54 Å². The highest BCUT2D eigenvalue weighted by atomic mass is 16.2. The molecule has 5 heteroatoms. The molecule has 4 aliphatic rings. The number of nitrogens with zero attached hydrogens (tertiary/aromatic N) is 2. The number of nitrogens with one attached hydrogen (secondary N) is 2. The molecule has 4 saturated carbocycles. The van der Waals surface area contributed by atoms with E-state index in [2.05, 4.69) is 22.9 Å². The van der Waals surface area contributed by atoms with Crippen LogP contribution < -0.4 is 10.9 Å². The van der Waals surface area contributed by atoms with Crippen LogP contribution >= 0.6 is 0 Å². The Morgan fingerprint density at radius 1 is 1.04 bits per heavy atom. The number of imidazole rings is 1. The first kappa shape index (κ1) is 18.0. The van der Waals surface area contributed by atoms with Crippen molar-refractivity contribution in [3.63, 3.8) is 0 Å². The fourth-order valence-corrected chi connectivity index (χ4v) is 6.53. The van der Waals surface area contributed by atoms with Crippen LogP contribution in [0.5, 0.6) is 0 Å². The third-order valence-electron chi connectivity index (χ3n) is 7.57. The zero-order chi connectivity index (χ0) is 19.3. The number of benzene rings is 1. The molecule has 0 saturated heterocycles. The lowest BCUT2D eigenvalue weighted by atomic mass is 9.54. The van der Waals surface area contributed by atoms with Crippen LogP contribution in [0.3, 0.4) is 0 Å². The molecule has 5 nitrogen and oxygen atoms in total. The smallest absolute Gasteiger partial charge is 0.240 e. The van der Waals surface area contributed by atoms with Gasteiger partial charge in [-0.2, -0.15) is 0 Å². The molecule has 0 radical (unpaired) electrons. The normalized spacial score (nSPS) is 30.8. The Balaban J connectivity index is 1.36. The number of carbonyl (C=O) groups excluding carboxylic acids is 1. The van der Waals surface area contributed by atoms with Crippen molar-refractivity contribution in [2.75, 3.05) is 0 Å². The van der Waals surface area contributed by atoms with Crippen molar-refractivity contribution in [1.29, 1.82) is 5.41 Å². The van der Waals surface area contributed by atoms with E-state index in [4.69, 9.17) is 5.41 Å². The van der Waals surface area contributed by atoms with E-state index in [9.17, 15) is 4.79 Å². The largest absolute Gasteiger partial charge is 0.351 e. The van der Waals surface area contributed by atoms with Crippen LogP contribution in [-0.2, 0) is 17.9 Å². The number of unbranched alkanes of at least 4 members (excludes halogenated alkanes) is 1. The number of carbonyl (C=O) groups is 1. The van der Waals surface area contributed by atoms with Crippen molar-refractivity contribution in [3.8, 4) is 0 Å². The molecule has 1 aromatic heterocycles. The highest BCUT2D eigenvalue weighted by Crippen LogP contribution is 2.53. The molecule has 1 amide bonds. The molecule has 4 bridgehead atoms. The van der Waals surface area contributed by atoms with E-state index in [-0.39, 0.29) is 12.5 Å². The standard InChI is InChI=1S/C23H32N4O/c1-2-3-8-26-19-6-4-5-7-20(19)27(23(26)24)14-21(28)25-22-17-10-15-9-16(12-17)13-18(22)11-15/h4-7,15-18,22,24H,2-3,8-14H2,1H3,(H,25,28). The van der Waals surface area contributed by atoms with Crippen molar-refractivity contribution in [2.45, 2.75) is 71.0 Å². The zero-order valence-electron chi connectivity index (χ0n) is 16.9. The number of aromatic nitrogens is 2. The summed E-state index contributed by atoms with van der Waals surface area (Å²) in [6, 6.07) is 8.48. The Bertz CT molecular complexity index is 912. The van der Waals surface area contributed by atoms with Gasteiger partial charge in [-0.15, -0.1) is 0 Å². The summed E-state index contributed by atoms with van der Waals surface area (Å²) in [5.41, 5.74) is 2.49. The van der Waals surface area contributed by atoms with E-state index >= 15 is 0 Å². The maximum atomic E-state index is 13.0. The molecule has 2 aromatic rings. The SMILES string of the molecule is CCCCn1c(=N)n(CC(=O)NC2C3CC4CC(C3)CC2C4)c2ccccc21. The molecular formula is C23H32N4O. The first-order valence-electron chi connectivity index (χ1n) is 11.2. The molecule has 1 aromatic carbocycles. The average molecular weight is 381 g/mol. The number of amides is 1. The number of para-hydroxylation sites is 2. The molecule has 2 N–H and O–H groups in total. The number of hydrogen-bond acceptors (Lipinski definition) is 2. The molecule has 0 spiro atoms. The summed E-state index contributed by atoms with van der Waals surface area (Å²) in [5.74, 6) is 3.29. The fourth-order valence-electron chi connectivity index (χ4n) is 6.53. The van der Waals surface area contributed by atoms with Crippen LogP contribution in [0, 0.1) is 29.1 Å². The zero-order valence-corrected chi connectivity index (χ0v) is 16.9. The van der Waals surface area contributed by atoms with Gasteiger partial charge in [0.2, 0.25) is 11.5 Å². The predicted octanol–water partition coefficient (Wildman–Crippen LogP) is 3.66. The minimum atomic E-state index is 0.0781. The minimum Gasteiger partial charge on any atom is -0.351 e. The van der Waals surface area contributed by atoms with Crippen LogP contribution in [0.1, 0.15) is 51.9 Å². The second-order valence-corrected chi connectivity index (χ2v) is 9.43. The van der Waals surface area contributed by atoms with Crippen LogP contribution in [0.15, 0.2) is 24.3 Å². The van der Waals surface area contributed by atoms with E-state index in [0.717, 1.165) is 42.3 Å². The number of aryl methyl sites for hydroxylation is 1. The summed E-state index contributed by atoms with van der Waals surface area (Å²) in [6.07, 6.45) is 8.82. The van der Waals surface area contributed by atoms with Crippen LogP contribution in [0.4, 0.5) is 0 Å². The van der Waals surface area contributed by atoms with Gasteiger partial charge < -0.3 is 14.5 Å². The number of hydrogen-bond donors (Lipinski definition) is 2. The first-order chi connectivity index (χ1) is 13.6. The van der Waals surface area contributed by atoms with Gasteiger partial charge >= 0.3 is 0 Å². The van der Waals surface area contributed by atoms with E-state index in [0.29, 0.717) is 23.5 Å². The van der Waals surface area contributed by atoms with Gasteiger partial charge in [0.15, 0.2) is 0 Å². The maximum absolute atomic E-state index is 13.0. The van der Waals surface area contributed by atoms with Crippen molar-refractivity contribution < 1.29 is 4.79 Å². The molecule has 150 valence electrons. The Morgan fingerprint density at radius 2 is 1.64 bits per heavy atom. The molecule has 0 aliphatic heterocycles. The monoisotopic (exact) mass is 380 g/mol. The highest BCUT2D eigenvalue weighted by molar-refractivity contribution is 5.81. The molecule has 4 aliphatic carbocycles. The lowest BCUT2D eigenvalue weighted by Gasteiger charge is -2.54. The van der Waals surface area contributed by atoms with Gasteiger partial charge in [-0.3, -0.25) is 10.2 Å². The second kappa shape index (κ2) is 7.09. The summed E-state index contributed by atoms with van der Waals surface area (Å²) in [5, 5.41) is 12.1. The first-order valence-corrected chi connectivity index (χ1v) is 11.2. The van der Waals surface area contributed by atoms with Gasteiger partial charge in [0, 0.05) is 12.6 Å². The number of fused-ring (bicyclic) bond motifs is 1. The van der Waals surface area contributed by atoms with E-state index < -0.39 is 0 Å². The van der Waals surface area contributed by atoms with Gasteiger partial charge in [0.25, 0.3) is 0 Å². The summed E-state index contributed by atoms with van der Waals surface area (Å²) >= 11 is 0. The molecule has 28 heavy (non-hydrogen) atoms. The third-order valence-corrected chi connectivity index (χ3v) is 7.57. The van der Waals surface area contributed by atoms with Gasteiger partial charge in [-0.05, 0) is 74.3 Å². The quantitative estimate of drug-likeness (QED) is 0.789. The molecule has 4 fully saturated rings. The fraction of sp³-hybridized carbons (Fsp3) is 0.652. The van der Waals surface area contributed by atoms with E-state index in [1.165, 1.54) is 32.1 Å². The Morgan fingerprint density at radius 3 is 2.25 bits per heavy atom. The maximum Gasteiger partial charge on any atom is 0.240 e. The topological polar surface area (TPSA) is 62.8 Å². The van der Waals surface area contributed by atoms with Crippen molar-refractivity contribution >= 4 is 16.9 Å². The molecular weight excluding hydrogens is 348 g/mol. The Hall–Kier alpha value is -2.04. The molecule has 1 heterocycles. The average Bonchev–Trinajstić information content (AvgIpc) is 2.94. The van der Waals surface area contributed by atoms with Crippen LogP contribution in [-0.4, -0.2) is 21.1 Å². The predicted molar refractivity (Wildman–Crippen MR) is 110 cm³/mol. The third kappa shape index (κ3) is 2.99. The van der Waals surface area contributed by atoms with Gasteiger partial charge in [0.05, 0.1) is 11.0 Å². The Kier molecular flexibility index (Phi) is 4.56. The van der Waals surface area contributed by atoms with Crippen LogP contribution in [0.2, 0.25) is 0 Å². The summed E-state index contributed by atoms with van der Waals surface area (Å²) in [7, 11) is 0. The lowest BCUT2D eigenvalue weighted by molar-refractivity contribution is -0.125. The summed E-state index contributed by atoms with van der Waals surface area (Å²) in [6.45, 7) is 3.25. The highest BCUT2D eigenvalue weighted by Gasteiger charge is 2.48. The Labute approximate surface area is 166 Å². The summed E-state index contributed by atoms with van der Waals surface area (Å²) in [4.78, 5) is 13.0. The van der Waals surface area contributed by atoms with E-state index in [1.807, 2.05) is 22.8 Å². The van der Waals surface area contributed by atoms with Crippen molar-refractivity contribution in [3.05, 3.63) is 29.9 Å². The van der Waals surface area contributed by atoms with E-state index in [1.54, 1.807) is 0 Å².